The third kappa shape index (κ3) is 3.15. The number of halogens is 2. The Morgan fingerprint density at radius 3 is 2.89 bits per heavy atom. The largest absolute Gasteiger partial charge is 0.490 e. The van der Waals surface area contributed by atoms with E-state index in [-0.39, 0.29) is 19.3 Å². The van der Waals surface area contributed by atoms with Crippen LogP contribution in [0.4, 0.5) is 8.78 Å². The maximum absolute atomic E-state index is 12.6. The number of methoxy groups -OCH3 is 1. The van der Waals surface area contributed by atoms with E-state index in [0.717, 1.165) is 0 Å². The van der Waals surface area contributed by atoms with Crippen molar-refractivity contribution in [1.82, 2.24) is 4.98 Å². The fraction of sp³-hybridized carbons (Fsp3) is 0.500. The number of aromatic nitrogens is 1. The first-order valence-corrected chi connectivity index (χ1v) is 5.55. The van der Waals surface area contributed by atoms with E-state index in [2.05, 4.69) is 9.72 Å². The zero-order valence-electron chi connectivity index (χ0n) is 9.86. The predicted octanol–water partition coefficient (Wildman–Crippen LogP) is 1.97. The molecule has 1 aromatic rings. The molecule has 0 amide bonds. The third-order valence-electron chi connectivity index (χ3n) is 2.70. The molecule has 1 aromatic heterocycles. The topological polar surface area (TPSA) is 48.4 Å². The molecule has 1 aliphatic rings. The van der Waals surface area contributed by atoms with Gasteiger partial charge in [0.2, 0.25) is 0 Å². The zero-order chi connectivity index (χ0) is 13.2. The number of ether oxygens (including phenoxy) is 2. The van der Waals surface area contributed by atoms with Gasteiger partial charge in [0.1, 0.15) is 11.9 Å². The fourth-order valence-electron chi connectivity index (χ4n) is 1.73. The average molecular weight is 257 g/mol. The molecule has 1 aliphatic carbocycles. The van der Waals surface area contributed by atoms with E-state index in [1.165, 1.54) is 13.3 Å². The zero-order valence-corrected chi connectivity index (χ0v) is 9.86. The molecule has 0 spiro atoms. The molecule has 4 nitrogen and oxygen atoms in total. The van der Waals surface area contributed by atoms with E-state index in [1.54, 1.807) is 12.1 Å². The summed E-state index contributed by atoms with van der Waals surface area (Å²) in [5, 5.41) is 0. The lowest BCUT2D eigenvalue weighted by molar-refractivity contribution is -0.139. The van der Waals surface area contributed by atoms with Crippen LogP contribution in [0.15, 0.2) is 18.3 Å². The van der Waals surface area contributed by atoms with Crippen molar-refractivity contribution in [2.45, 2.75) is 31.3 Å². The second-order valence-corrected chi connectivity index (χ2v) is 4.24. The molecule has 1 saturated carbocycles. The maximum atomic E-state index is 12.6. The van der Waals surface area contributed by atoms with Crippen molar-refractivity contribution >= 4 is 5.97 Å². The Morgan fingerprint density at radius 2 is 2.28 bits per heavy atom. The summed E-state index contributed by atoms with van der Waals surface area (Å²) in [7, 11) is 1.29. The molecule has 0 aliphatic heterocycles. The fourth-order valence-corrected chi connectivity index (χ4v) is 1.73. The minimum atomic E-state index is -2.60. The van der Waals surface area contributed by atoms with Crippen LogP contribution in [0.2, 0.25) is 0 Å². The summed E-state index contributed by atoms with van der Waals surface area (Å²) in [6.45, 7) is 0. The Bertz CT molecular complexity index is 443. The highest BCUT2D eigenvalue weighted by molar-refractivity contribution is 5.71. The highest BCUT2D eigenvalue weighted by Gasteiger charge is 2.46. The number of rotatable bonds is 4. The molecular weight excluding hydrogens is 244 g/mol. The van der Waals surface area contributed by atoms with Gasteiger partial charge in [0.15, 0.2) is 0 Å². The van der Waals surface area contributed by atoms with E-state index in [4.69, 9.17) is 4.74 Å². The molecule has 0 unspecified atom stereocenters. The molecule has 18 heavy (non-hydrogen) atoms. The minimum Gasteiger partial charge on any atom is -0.490 e. The van der Waals surface area contributed by atoms with Crippen LogP contribution in [0.1, 0.15) is 18.5 Å². The second kappa shape index (κ2) is 4.88. The van der Waals surface area contributed by atoms with Crippen LogP contribution in [-0.2, 0) is 16.0 Å². The van der Waals surface area contributed by atoms with E-state index < -0.39 is 18.0 Å². The number of hydrogen-bond acceptors (Lipinski definition) is 4. The van der Waals surface area contributed by atoms with Crippen LogP contribution < -0.4 is 4.74 Å². The van der Waals surface area contributed by atoms with Gasteiger partial charge in [0.05, 0.1) is 19.2 Å². The standard InChI is InChI=1S/C12H13F2NO3/c1-17-11(16)5-8-4-9(2-3-15-8)18-10-6-12(13,14)7-10/h2-4,10H,5-7H2,1H3. The van der Waals surface area contributed by atoms with Crippen molar-refractivity contribution in [3.63, 3.8) is 0 Å². The monoisotopic (exact) mass is 257 g/mol. The number of esters is 1. The van der Waals surface area contributed by atoms with E-state index >= 15 is 0 Å². The molecule has 0 aromatic carbocycles. The first-order chi connectivity index (χ1) is 8.48. The van der Waals surface area contributed by atoms with Crippen molar-refractivity contribution in [3.8, 4) is 5.75 Å². The number of pyridine rings is 1. The Morgan fingerprint density at radius 1 is 1.56 bits per heavy atom. The van der Waals surface area contributed by atoms with Crippen molar-refractivity contribution in [1.29, 1.82) is 0 Å². The van der Waals surface area contributed by atoms with Crippen LogP contribution >= 0.6 is 0 Å². The second-order valence-electron chi connectivity index (χ2n) is 4.24. The summed E-state index contributed by atoms with van der Waals surface area (Å²) < 4.78 is 35.2. The summed E-state index contributed by atoms with van der Waals surface area (Å²) in [4.78, 5) is 15.0. The summed E-state index contributed by atoms with van der Waals surface area (Å²) in [6.07, 6.45) is 0.524. The molecule has 6 heteroatoms. The first-order valence-electron chi connectivity index (χ1n) is 5.55. The molecule has 1 heterocycles. The van der Waals surface area contributed by atoms with E-state index in [9.17, 15) is 13.6 Å². The highest BCUT2D eigenvalue weighted by Crippen LogP contribution is 2.39. The maximum Gasteiger partial charge on any atom is 0.311 e. The average Bonchev–Trinajstić information content (AvgIpc) is 2.27. The van der Waals surface area contributed by atoms with E-state index in [0.29, 0.717) is 11.4 Å². The number of carbonyl (C=O) groups is 1. The Balaban J connectivity index is 1.93. The normalized spacial score (nSPS) is 17.9. The van der Waals surface area contributed by atoms with E-state index in [1.807, 2.05) is 0 Å². The van der Waals surface area contributed by atoms with Gasteiger partial charge < -0.3 is 9.47 Å². The SMILES string of the molecule is COC(=O)Cc1cc(OC2CC(F)(F)C2)ccn1. The van der Waals surface area contributed by atoms with Crippen molar-refractivity contribution in [2.24, 2.45) is 0 Å². The quantitative estimate of drug-likeness (QED) is 0.774. The summed E-state index contributed by atoms with van der Waals surface area (Å²) in [5.41, 5.74) is 0.491. The van der Waals surface area contributed by atoms with Gasteiger partial charge in [-0.1, -0.05) is 0 Å². The van der Waals surface area contributed by atoms with Crippen LogP contribution in [-0.4, -0.2) is 30.1 Å². The first kappa shape index (κ1) is 12.7. The molecule has 0 N–H and O–H groups in total. The number of hydrogen-bond donors (Lipinski definition) is 0. The molecule has 98 valence electrons. The predicted molar refractivity (Wildman–Crippen MR) is 58.6 cm³/mol. The Hall–Kier alpha value is -1.72. The number of alkyl halides is 2. The van der Waals surface area contributed by atoms with Crippen molar-refractivity contribution < 1.29 is 23.0 Å². The molecule has 2 rings (SSSR count). The molecular formula is C12H13F2NO3. The summed E-state index contributed by atoms with van der Waals surface area (Å²) in [5.74, 6) is -2.56. The van der Waals surface area contributed by atoms with Gasteiger partial charge in [0, 0.05) is 25.1 Å². The summed E-state index contributed by atoms with van der Waals surface area (Å²) in [6, 6.07) is 3.14. The Kier molecular flexibility index (Phi) is 3.45. The van der Waals surface area contributed by atoms with Crippen molar-refractivity contribution in [3.05, 3.63) is 24.0 Å². The number of carbonyl (C=O) groups excluding carboxylic acids is 1. The third-order valence-corrected chi connectivity index (χ3v) is 2.70. The van der Waals surface area contributed by atoms with Gasteiger partial charge in [-0.3, -0.25) is 9.78 Å². The van der Waals surface area contributed by atoms with Gasteiger partial charge in [-0.05, 0) is 6.07 Å². The Labute approximate surface area is 103 Å². The lowest BCUT2D eigenvalue weighted by Gasteiger charge is -2.34. The summed E-state index contributed by atoms with van der Waals surface area (Å²) >= 11 is 0. The van der Waals surface area contributed by atoms with Crippen LogP contribution in [0.25, 0.3) is 0 Å². The van der Waals surface area contributed by atoms with Crippen LogP contribution in [0.3, 0.4) is 0 Å². The molecule has 0 atom stereocenters. The van der Waals surface area contributed by atoms with Crippen molar-refractivity contribution in [2.75, 3.05) is 7.11 Å². The van der Waals surface area contributed by atoms with Crippen LogP contribution in [0, 0.1) is 0 Å². The van der Waals surface area contributed by atoms with Gasteiger partial charge in [-0.25, -0.2) is 8.78 Å². The van der Waals surface area contributed by atoms with Gasteiger partial charge >= 0.3 is 5.97 Å². The molecule has 0 radical (unpaired) electrons. The van der Waals surface area contributed by atoms with Gasteiger partial charge in [-0.15, -0.1) is 0 Å². The lowest BCUT2D eigenvalue weighted by Crippen LogP contribution is -2.43. The molecule has 0 bridgehead atoms. The molecule has 1 fully saturated rings. The van der Waals surface area contributed by atoms with Gasteiger partial charge in [0.25, 0.3) is 5.92 Å². The minimum absolute atomic E-state index is 0.0362. The number of nitrogens with zero attached hydrogens (tertiary/aromatic N) is 1. The van der Waals surface area contributed by atoms with Gasteiger partial charge in [-0.2, -0.15) is 0 Å². The lowest BCUT2D eigenvalue weighted by atomic mass is 9.91. The molecule has 0 saturated heterocycles. The highest BCUT2D eigenvalue weighted by atomic mass is 19.3. The smallest absolute Gasteiger partial charge is 0.311 e. The van der Waals surface area contributed by atoms with Crippen LogP contribution in [0.5, 0.6) is 5.75 Å².